The second-order valence-corrected chi connectivity index (χ2v) is 4.16. The van der Waals surface area contributed by atoms with Gasteiger partial charge in [-0.15, -0.1) is 11.8 Å². The van der Waals surface area contributed by atoms with E-state index in [0.717, 1.165) is 5.75 Å². The molecule has 0 saturated heterocycles. The topological polar surface area (TPSA) is 25.8 Å². The maximum atomic E-state index is 5.81. The quantitative estimate of drug-likeness (QED) is 0.451. The second-order valence-electron chi connectivity index (χ2n) is 1.84. The summed E-state index contributed by atoms with van der Waals surface area (Å²) >= 11 is 18.5. The van der Waals surface area contributed by atoms with E-state index in [9.17, 15) is 0 Å². The molecule has 12 heavy (non-hydrogen) atoms. The molecular formula is C6H5Cl3N2S. The van der Waals surface area contributed by atoms with Crippen molar-refractivity contribution in [3.8, 4) is 0 Å². The van der Waals surface area contributed by atoms with E-state index in [2.05, 4.69) is 9.97 Å². The number of rotatable bonds is 2. The number of nitrogens with zero attached hydrogens (tertiary/aromatic N) is 2. The molecule has 1 heterocycles. The van der Waals surface area contributed by atoms with Crippen molar-refractivity contribution in [1.82, 2.24) is 9.97 Å². The Morgan fingerprint density at radius 3 is 2.50 bits per heavy atom. The summed E-state index contributed by atoms with van der Waals surface area (Å²) in [6.45, 7) is 1.99. The zero-order chi connectivity index (χ0) is 9.14. The molecule has 0 radical (unpaired) electrons. The Morgan fingerprint density at radius 1 is 1.25 bits per heavy atom. The molecule has 0 aliphatic heterocycles. The molecule has 0 aliphatic carbocycles. The molecule has 0 aromatic carbocycles. The van der Waals surface area contributed by atoms with Gasteiger partial charge in [0.25, 0.3) is 0 Å². The molecule has 0 aliphatic rings. The predicted molar refractivity (Wildman–Crippen MR) is 53.5 cm³/mol. The highest BCUT2D eigenvalue weighted by Gasteiger charge is 2.09. The first-order valence-electron chi connectivity index (χ1n) is 3.16. The molecular weight excluding hydrogens is 239 g/mol. The number of hydrogen-bond acceptors (Lipinski definition) is 3. The Morgan fingerprint density at radius 2 is 1.92 bits per heavy atom. The lowest BCUT2D eigenvalue weighted by Gasteiger charge is -2.01. The van der Waals surface area contributed by atoms with Crippen molar-refractivity contribution in [3.05, 3.63) is 15.5 Å². The standard InChI is InChI=1S/C6H5Cl3N2S/c1-2-12-5-3(7)4(8)10-6(9)11-5/h2H2,1H3. The minimum absolute atomic E-state index is 0.125. The summed E-state index contributed by atoms with van der Waals surface area (Å²) < 4.78 is 0. The molecule has 1 aromatic rings. The van der Waals surface area contributed by atoms with Crippen LogP contribution in [0.2, 0.25) is 15.5 Å². The van der Waals surface area contributed by atoms with Crippen LogP contribution < -0.4 is 0 Å². The van der Waals surface area contributed by atoms with E-state index in [1.165, 1.54) is 11.8 Å². The summed E-state index contributed by atoms with van der Waals surface area (Å²) in [5, 5.41) is 1.32. The minimum atomic E-state index is 0.125. The summed E-state index contributed by atoms with van der Waals surface area (Å²) in [6.07, 6.45) is 0. The van der Waals surface area contributed by atoms with Gasteiger partial charge in [-0.05, 0) is 17.4 Å². The summed E-state index contributed by atoms with van der Waals surface area (Å²) in [5.74, 6) is 0.864. The number of hydrogen-bond donors (Lipinski definition) is 0. The van der Waals surface area contributed by atoms with Gasteiger partial charge < -0.3 is 0 Å². The number of aromatic nitrogens is 2. The van der Waals surface area contributed by atoms with Gasteiger partial charge in [-0.3, -0.25) is 0 Å². The maximum absolute atomic E-state index is 5.81. The van der Waals surface area contributed by atoms with Crippen LogP contribution in [0.15, 0.2) is 5.03 Å². The van der Waals surface area contributed by atoms with E-state index in [0.29, 0.717) is 10.0 Å². The third kappa shape index (κ3) is 2.39. The highest BCUT2D eigenvalue weighted by atomic mass is 35.5. The lowest BCUT2D eigenvalue weighted by atomic mass is 10.7. The molecule has 1 aromatic heterocycles. The average Bonchev–Trinajstić information content (AvgIpc) is 2.00. The lowest BCUT2D eigenvalue weighted by Crippen LogP contribution is -1.89. The van der Waals surface area contributed by atoms with E-state index >= 15 is 0 Å². The molecule has 0 unspecified atom stereocenters. The fourth-order valence-corrected chi connectivity index (χ4v) is 1.99. The third-order valence-corrected chi connectivity index (χ3v) is 2.90. The third-order valence-electron chi connectivity index (χ3n) is 1.03. The summed E-state index contributed by atoms with van der Waals surface area (Å²) in [5.41, 5.74) is 0. The molecule has 66 valence electrons. The Labute approximate surface area is 89.6 Å². The minimum Gasteiger partial charge on any atom is -0.210 e. The van der Waals surface area contributed by atoms with Crippen molar-refractivity contribution in [2.45, 2.75) is 11.9 Å². The van der Waals surface area contributed by atoms with Crippen molar-refractivity contribution in [3.63, 3.8) is 0 Å². The van der Waals surface area contributed by atoms with Gasteiger partial charge in [-0.2, -0.15) is 0 Å². The van der Waals surface area contributed by atoms with Crippen molar-refractivity contribution >= 4 is 46.6 Å². The van der Waals surface area contributed by atoms with Crippen molar-refractivity contribution in [1.29, 1.82) is 0 Å². The predicted octanol–water partition coefficient (Wildman–Crippen LogP) is 3.55. The molecule has 0 bridgehead atoms. The van der Waals surface area contributed by atoms with Gasteiger partial charge in [0.15, 0.2) is 5.15 Å². The van der Waals surface area contributed by atoms with Gasteiger partial charge in [0.1, 0.15) is 10.0 Å². The van der Waals surface area contributed by atoms with Crippen LogP contribution in [0.3, 0.4) is 0 Å². The van der Waals surface area contributed by atoms with Crippen molar-refractivity contribution < 1.29 is 0 Å². The Balaban J connectivity index is 3.09. The Bertz CT molecular complexity index is 292. The van der Waals surface area contributed by atoms with Crippen LogP contribution in [-0.2, 0) is 0 Å². The molecule has 6 heteroatoms. The van der Waals surface area contributed by atoms with E-state index < -0.39 is 0 Å². The molecule has 0 saturated carbocycles. The van der Waals surface area contributed by atoms with E-state index in [4.69, 9.17) is 34.8 Å². The fourth-order valence-electron chi connectivity index (χ4n) is 0.609. The highest BCUT2D eigenvalue weighted by molar-refractivity contribution is 7.99. The molecule has 0 fully saturated rings. The van der Waals surface area contributed by atoms with Crippen molar-refractivity contribution in [2.24, 2.45) is 0 Å². The van der Waals surface area contributed by atoms with Crippen molar-refractivity contribution in [2.75, 3.05) is 5.75 Å². The Kier molecular flexibility index (Phi) is 3.90. The van der Waals surface area contributed by atoms with Gasteiger partial charge >= 0.3 is 0 Å². The van der Waals surface area contributed by atoms with E-state index in [-0.39, 0.29) is 10.4 Å². The number of halogens is 3. The largest absolute Gasteiger partial charge is 0.224 e. The van der Waals surface area contributed by atoms with Gasteiger partial charge in [0, 0.05) is 0 Å². The fraction of sp³-hybridized carbons (Fsp3) is 0.333. The van der Waals surface area contributed by atoms with Gasteiger partial charge in [0.05, 0.1) is 0 Å². The molecule has 1 rings (SSSR count). The molecule has 0 amide bonds. The first kappa shape index (κ1) is 10.4. The van der Waals surface area contributed by atoms with E-state index in [1.807, 2.05) is 6.92 Å². The van der Waals surface area contributed by atoms with Crippen LogP contribution in [0.4, 0.5) is 0 Å². The lowest BCUT2D eigenvalue weighted by molar-refractivity contribution is 1.05. The van der Waals surface area contributed by atoms with Crippen LogP contribution in [0.1, 0.15) is 6.92 Å². The first-order valence-corrected chi connectivity index (χ1v) is 5.28. The van der Waals surface area contributed by atoms with Crippen LogP contribution >= 0.6 is 46.6 Å². The monoisotopic (exact) mass is 242 g/mol. The maximum Gasteiger partial charge on any atom is 0.224 e. The van der Waals surface area contributed by atoms with Crippen LogP contribution in [0.5, 0.6) is 0 Å². The Hall–Kier alpha value is 0.300. The van der Waals surface area contributed by atoms with Crippen LogP contribution in [0, 0.1) is 0 Å². The molecule has 0 N–H and O–H groups in total. The normalized spacial score (nSPS) is 10.3. The molecule has 2 nitrogen and oxygen atoms in total. The van der Waals surface area contributed by atoms with Crippen LogP contribution in [-0.4, -0.2) is 15.7 Å². The average molecular weight is 244 g/mol. The second kappa shape index (κ2) is 4.51. The molecule has 0 atom stereocenters. The smallest absolute Gasteiger partial charge is 0.210 e. The van der Waals surface area contributed by atoms with E-state index in [1.54, 1.807) is 0 Å². The highest BCUT2D eigenvalue weighted by Crippen LogP contribution is 2.30. The summed E-state index contributed by atoms with van der Waals surface area (Å²) in [4.78, 5) is 7.61. The summed E-state index contributed by atoms with van der Waals surface area (Å²) in [7, 11) is 0. The zero-order valence-electron chi connectivity index (χ0n) is 6.14. The first-order chi connectivity index (χ1) is 5.65. The number of thioether (sulfide) groups is 1. The molecule has 0 spiro atoms. The van der Waals surface area contributed by atoms with Gasteiger partial charge in [-0.1, -0.05) is 30.1 Å². The van der Waals surface area contributed by atoms with Crippen LogP contribution in [0.25, 0.3) is 0 Å². The SMILES string of the molecule is CCSc1nc(Cl)nc(Cl)c1Cl. The van der Waals surface area contributed by atoms with Gasteiger partial charge in [0.2, 0.25) is 5.28 Å². The summed E-state index contributed by atoms with van der Waals surface area (Å²) in [6, 6.07) is 0. The zero-order valence-corrected chi connectivity index (χ0v) is 9.23. The van der Waals surface area contributed by atoms with Gasteiger partial charge in [-0.25, -0.2) is 9.97 Å².